The molecule has 4 rings (SSSR count). The summed E-state index contributed by atoms with van der Waals surface area (Å²) in [6.07, 6.45) is 1.85. The van der Waals surface area contributed by atoms with Crippen molar-refractivity contribution in [1.82, 2.24) is 20.1 Å². The van der Waals surface area contributed by atoms with E-state index in [4.69, 9.17) is 17.0 Å². The zero-order valence-corrected chi connectivity index (χ0v) is 15.6. The van der Waals surface area contributed by atoms with Crippen LogP contribution in [0, 0.1) is 0 Å². The molecule has 2 fully saturated rings. The predicted molar refractivity (Wildman–Crippen MR) is 104 cm³/mol. The van der Waals surface area contributed by atoms with E-state index >= 15 is 0 Å². The molecule has 0 aromatic carbocycles. The minimum absolute atomic E-state index is 0.0945. The number of thiocarbonyl (C=S) groups is 1. The highest BCUT2D eigenvalue weighted by Gasteiger charge is 2.40. The molecule has 0 spiro atoms. The Hall–Kier alpha value is -1.54. The summed E-state index contributed by atoms with van der Waals surface area (Å²) in [5, 5.41) is 6.46. The Kier molecular flexibility index (Phi) is 5.26. The SMILES string of the molecule is S=C1N[C@H](c2ccccn2)[C@@H](c2cccs2)N1CCN1CCOCC1. The number of aromatic nitrogens is 1. The second kappa shape index (κ2) is 7.78. The Balaban J connectivity index is 1.55. The Labute approximate surface area is 157 Å². The molecule has 25 heavy (non-hydrogen) atoms. The first-order chi connectivity index (χ1) is 12.3. The summed E-state index contributed by atoms with van der Waals surface area (Å²) in [6.45, 7) is 5.57. The van der Waals surface area contributed by atoms with Crippen LogP contribution in [-0.2, 0) is 4.74 Å². The number of thiophene rings is 1. The van der Waals surface area contributed by atoms with Crippen LogP contribution in [0.1, 0.15) is 22.7 Å². The second-order valence-electron chi connectivity index (χ2n) is 6.29. The molecule has 4 heterocycles. The van der Waals surface area contributed by atoms with Gasteiger partial charge in [0.15, 0.2) is 5.11 Å². The number of morpholine rings is 1. The number of pyridine rings is 1. The molecule has 0 radical (unpaired) electrons. The van der Waals surface area contributed by atoms with Gasteiger partial charge in [-0.25, -0.2) is 0 Å². The first kappa shape index (κ1) is 16.9. The van der Waals surface area contributed by atoms with Gasteiger partial charge in [0.25, 0.3) is 0 Å². The van der Waals surface area contributed by atoms with E-state index in [1.807, 2.05) is 18.3 Å². The molecule has 0 saturated carbocycles. The van der Waals surface area contributed by atoms with Crippen molar-refractivity contribution in [3.05, 3.63) is 52.5 Å². The molecular weight excluding hydrogens is 352 g/mol. The third kappa shape index (κ3) is 3.69. The Morgan fingerprint density at radius 3 is 2.80 bits per heavy atom. The summed E-state index contributed by atoms with van der Waals surface area (Å²) in [5.74, 6) is 0. The molecule has 2 atom stereocenters. The van der Waals surface area contributed by atoms with Gasteiger partial charge in [-0.05, 0) is 35.8 Å². The number of hydrogen-bond donors (Lipinski definition) is 1. The van der Waals surface area contributed by atoms with Crippen LogP contribution in [0.2, 0.25) is 0 Å². The van der Waals surface area contributed by atoms with Crippen molar-refractivity contribution >= 4 is 28.7 Å². The van der Waals surface area contributed by atoms with Gasteiger partial charge in [-0.1, -0.05) is 12.1 Å². The zero-order valence-electron chi connectivity index (χ0n) is 14.0. The average molecular weight is 375 g/mol. The summed E-state index contributed by atoms with van der Waals surface area (Å²) < 4.78 is 5.45. The molecule has 132 valence electrons. The molecule has 7 heteroatoms. The molecule has 1 N–H and O–H groups in total. The van der Waals surface area contributed by atoms with Crippen molar-refractivity contribution in [2.45, 2.75) is 12.1 Å². The molecule has 2 aromatic heterocycles. The number of nitrogens with zero attached hydrogens (tertiary/aromatic N) is 3. The average Bonchev–Trinajstić information content (AvgIpc) is 3.29. The highest BCUT2D eigenvalue weighted by atomic mass is 32.1. The molecule has 2 aromatic rings. The van der Waals surface area contributed by atoms with E-state index in [1.165, 1.54) is 4.88 Å². The van der Waals surface area contributed by atoms with Crippen molar-refractivity contribution < 1.29 is 4.74 Å². The number of ether oxygens (including phenoxy) is 1. The quantitative estimate of drug-likeness (QED) is 0.811. The lowest BCUT2D eigenvalue weighted by Crippen LogP contribution is -2.42. The van der Waals surface area contributed by atoms with Crippen molar-refractivity contribution in [3.63, 3.8) is 0 Å². The fourth-order valence-corrected chi connectivity index (χ4v) is 4.69. The molecular formula is C18H22N4OS2. The van der Waals surface area contributed by atoms with Crippen LogP contribution in [0.3, 0.4) is 0 Å². The number of rotatable bonds is 5. The molecule has 0 aliphatic carbocycles. The molecule has 2 aliphatic heterocycles. The number of nitrogens with one attached hydrogen (secondary N) is 1. The van der Waals surface area contributed by atoms with Gasteiger partial charge in [0.2, 0.25) is 0 Å². The Morgan fingerprint density at radius 2 is 2.08 bits per heavy atom. The summed E-state index contributed by atoms with van der Waals surface area (Å²) in [6, 6.07) is 10.7. The topological polar surface area (TPSA) is 40.6 Å². The van der Waals surface area contributed by atoms with Crippen LogP contribution in [0.15, 0.2) is 41.9 Å². The van der Waals surface area contributed by atoms with Gasteiger partial charge in [0, 0.05) is 37.3 Å². The van der Waals surface area contributed by atoms with Gasteiger partial charge in [0.1, 0.15) is 0 Å². The van der Waals surface area contributed by atoms with Crippen molar-refractivity contribution in [2.24, 2.45) is 0 Å². The van der Waals surface area contributed by atoms with E-state index in [0.29, 0.717) is 0 Å². The van der Waals surface area contributed by atoms with E-state index in [0.717, 1.165) is 50.2 Å². The lowest BCUT2D eigenvalue weighted by molar-refractivity contribution is 0.0351. The predicted octanol–water partition coefficient (Wildman–Crippen LogP) is 2.45. The maximum atomic E-state index is 5.68. The van der Waals surface area contributed by atoms with E-state index in [9.17, 15) is 0 Å². The molecule has 0 amide bonds. The van der Waals surface area contributed by atoms with Crippen LogP contribution in [0.5, 0.6) is 0 Å². The highest BCUT2D eigenvalue weighted by Crippen LogP contribution is 2.40. The van der Waals surface area contributed by atoms with E-state index in [1.54, 1.807) is 11.3 Å². The second-order valence-corrected chi connectivity index (χ2v) is 7.66. The lowest BCUT2D eigenvalue weighted by atomic mass is 10.0. The fourth-order valence-electron chi connectivity index (χ4n) is 3.49. The van der Waals surface area contributed by atoms with Gasteiger partial charge in [-0.3, -0.25) is 9.88 Å². The van der Waals surface area contributed by atoms with Crippen LogP contribution in [-0.4, -0.2) is 59.3 Å². The van der Waals surface area contributed by atoms with Gasteiger partial charge in [0.05, 0.1) is 31.0 Å². The first-order valence-electron chi connectivity index (χ1n) is 8.64. The highest BCUT2D eigenvalue weighted by molar-refractivity contribution is 7.80. The molecule has 5 nitrogen and oxygen atoms in total. The third-order valence-corrected chi connectivity index (χ3v) is 6.09. The van der Waals surface area contributed by atoms with E-state index in [-0.39, 0.29) is 12.1 Å². The normalized spacial score (nSPS) is 24.5. The van der Waals surface area contributed by atoms with E-state index in [2.05, 4.69) is 43.7 Å². The molecule has 0 bridgehead atoms. The Bertz CT molecular complexity index is 688. The van der Waals surface area contributed by atoms with Crippen molar-refractivity contribution in [2.75, 3.05) is 39.4 Å². The minimum Gasteiger partial charge on any atom is -0.379 e. The van der Waals surface area contributed by atoms with Crippen molar-refractivity contribution in [1.29, 1.82) is 0 Å². The maximum Gasteiger partial charge on any atom is 0.170 e. The van der Waals surface area contributed by atoms with E-state index < -0.39 is 0 Å². The van der Waals surface area contributed by atoms with Gasteiger partial charge in [-0.15, -0.1) is 11.3 Å². The molecule has 2 aliphatic rings. The van der Waals surface area contributed by atoms with Crippen LogP contribution >= 0.6 is 23.6 Å². The van der Waals surface area contributed by atoms with Crippen molar-refractivity contribution in [3.8, 4) is 0 Å². The fraction of sp³-hybridized carbons (Fsp3) is 0.444. The first-order valence-corrected chi connectivity index (χ1v) is 9.93. The lowest BCUT2D eigenvalue weighted by Gasteiger charge is -2.31. The van der Waals surface area contributed by atoms with Crippen LogP contribution in [0.25, 0.3) is 0 Å². The summed E-state index contributed by atoms with van der Waals surface area (Å²) >= 11 is 7.47. The van der Waals surface area contributed by atoms with Gasteiger partial charge >= 0.3 is 0 Å². The zero-order chi connectivity index (χ0) is 17.1. The number of hydrogen-bond acceptors (Lipinski definition) is 5. The largest absolute Gasteiger partial charge is 0.379 e. The van der Waals surface area contributed by atoms with Crippen LogP contribution in [0.4, 0.5) is 0 Å². The monoisotopic (exact) mass is 374 g/mol. The summed E-state index contributed by atoms with van der Waals surface area (Å²) in [4.78, 5) is 10.7. The smallest absolute Gasteiger partial charge is 0.170 e. The molecule has 2 saturated heterocycles. The standard InChI is InChI=1S/C18H22N4OS2/c24-18-20-16(14-4-1-2-6-19-14)17(15-5-3-13-25-15)22(18)8-7-21-9-11-23-12-10-21/h1-6,13,16-17H,7-12H2,(H,20,24)/t16-,17-/m1/s1. The molecule has 0 unspecified atom stereocenters. The van der Waals surface area contributed by atoms with Gasteiger partial charge < -0.3 is 15.0 Å². The minimum atomic E-state index is 0.0945. The summed E-state index contributed by atoms with van der Waals surface area (Å²) in [5.41, 5.74) is 1.04. The third-order valence-electron chi connectivity index (χ3n) is 4.79. The summed E-state index contributed by atoms with van der Waals surface area (Å²) in [7, 11) is 0. The van der Waals surface area contributed by atoms with Crippen LogP contribution < -0.4 is 5.32 Å². The maximum absolute atomic E-state index is 5.68. The Morgan fingerprint density at radius 1 is 1.20 bits per heavy atom. The van der Waals surface area contributed by atoms with Gasteiger partial charge in [-0.2, -0.15) is 0 Å².